The lowest BCUT2D eigenvalue weighted by molar-refractivity contribution is -0.174. The van der Waals surface area contributed by atoms with Gasteiger partial charge in [-0.1, -0.05) is 42.5 Å². The Morgan fingerprint density at radius 2 is 1.74 bits per heavy atom. The van der Waals surface area contributed by atoms with Gasteiger partial charge in [0.05, 0.1) is 24.7 Å². The lowest BCUT2D eigenvalue weighted by Crippen LogP contribution is -2.55. The predicted molar refractivity (Wildman–Crippen MR) is 99.5 cm³/mol. The second kappa shape index (κ2) is 8.95. The van der Waals surface area contributed by atoms with E-state index in [1.807, 2.05) is 30.3 Å². The molecule has 0 aliphatic heterocycles. The summed E-state index contributed by atoms with van der Waals surface area (Å²) in [7, 11) is 0. The summed E-state index contributed by atoms with van der Waals surface area (Å²) >= 11 is 0. The van der Waals surface area contributed by atoms with E-state index >= 15 is 0 Å². The van der Waals surface area contributed by atoms with Gasteiger partial charge in [-0.2, -0.15) is 0 Å². The molecule has 4 atom stereocenters. The van der Waals surface area contributed by atoms with Gasteiger partial charge in [-0.05, 0) is 26.3 Å². The van der Waals surface area contributed by atoms with Gasteiger partial charge in [-0.3, -0.25) is 14.4 Å². The molecule has 0 spiro atoms. The first kappa shape index (κ1) is 20.8. The largest absolute Gasteiger partial charge is 0.466 e. The Balaban J connectivity index is 2.48. The zero-order chi connectivity index (χ0) is 20.0. The van der Waals surface area contributed by atoms with E-state index < -0.39 is 41.1 Å². The third kappa shape index (κ3) is 4.83. The third-order valence-corrected chi connectivity index (χ3v) is 4.71. The number of hydrogen-bond acceptors (Lipinski definition) is 6. The van der Waals surface area contributed by atoms with E-state index in [0.717, 1.165) is 5.56 Å². The topological polar surface area (TPSA) is 89.9 Å². The molecule has 0 saturated heterocycles. The number of ether oxygens (including phenoxy) is 2. The van der Waals surface area contributed by atoms with Gasteiger partial charge >= 0.3 is 11.9 Å². The number of hydrogen-bond donors (Lipinski definition) is 1. The van der Waals surface area contributed by atoms with E-state index in [9.17, 15) is 19.5 Å². The molecule has 1 aromatic rings. The van der Waals surface area contributed by atoms with Gasteiger partial charge in [0.25, 0.3) is 0 Å². The maximum atomic E-state index is 12.6. The van der Waals surface area contributed by atoms with Crippen LogP contribution in [0.2, 0.25) is 0 Å². The Kier molecular flexibility index (Phi) is 6.91. The van der Waals surface area contributed by atoms with Crippen LogP contribution in [0.1, 0.15) is 32.8 Å². The quantitative estimate of drug-likeness (QED) is 0.607. The molecule has 1 aliphatic rings. The van der Waals surface area contributed by atoms with E-state index in [-0.39, 0.29) is 19.6 Å². The second-order valence-electron chi connectivity index (χ2n) is 6.81. The minimum absolute atomic E-state index is 0.123. The number of carbonyl (C=O) groups excluding carboxylic acids is 3. The number of ketones is 1. The Hall–Kier alpha value is -2.47. The summed E-state index contributed by atoms with van der Waals surface area (Å²) in [6, 6.07) is 9.30. The highest BCUT2D eigenvalue weighted by molar-refractivity contribution is 6.02. The number of benzene rings is 1. The molecule has 0 radical (unpaired) electrons. The molecule has 0 unspecified atom stereocenters. The lowest BCUT2D eigenvalue weighted by Gasteiger charge is -2.42. The van der Waals surface area contributed by atoms with Crippen molar-refractivity contribution in [3.05, 3.63) is 42.0 Å². The minimum Gasteiger partial charge on any atom is -0.466 e. The molecule has 1 aromatic carbocycles. The summed E-state index contributed by atoms with van der Waals surface area (Å²) in [5, 5.41) is 10.8. The maximum Gasteiger partial charge on any atom is 0.317 e. The predicted octanol–water partition coefficient (Wildman–Crippen LogP) is 2.40. The molecule has 2 rings (SSSR count). The Labute approximate surface area is 159 Å². The highest BCUT2D eigenvalue weighted by atomic mass is 16.5. The van der Waals surface area contributed by atoms with Gasteiger partial charge in [0, 0.05) is 12.3 Å². The second-order valence-corrected chi connectivity index (χ2v) is 6.81. The van der Waals surface area contributed by atoms with Crippen molar-refractivity contribution in [2.75, 3.05) is 13.2 Å². The average molecular weight is 374 g/mol. The average Bonchev–Trinajstić information content (AvgIpc) is 2.59. The molecule has 1 fully saturated rings. The fraction of sp³-hybridized carbons (Fsp3) is 0.476. The van der Waals surface area contributed by atoms with Crippen LogP contribution < -0.4 is 0 Å². The summed E-state index contributed by atoms with van der Waals surface area (Å²) in [5.41, 5.74) is -0.765. The summed E-state index contributed by atoms with van der Waals surface area (Å²) in [4.78, 5) is 37.7. The Morgan fingerprint density at radius 3 is 2.33 bits per heavy atom. The van der Waals surface area contributed by atoms with Crippen molar-refractivity contribution in [2.24, 2.45) is 17.8 Å². The number of esters is 2. The van der Waals surface area contributed by atoms with Gasteiger partial charge in [0.15, 0.2) is 5.78 Å². The van der Waals surface area contributed by atoms with E-state index in [1.54, 1.807) is 26.0 Å². The normalized spacial score (nSPS) is 28.1. The van der Waals surface area contributed by atoms with E-state index in [0.29, 0.717) is 0 Å². The van der Waals surface area contributed by atoms with E-state index in [1.165, 1.54) is 6.92 Å². The maximum absolute atomic E-state index is 12.6. The van der Waals surface area contributed by atoms with Crippen molar-refractivity contribution < 1.29 is 29.0 Å². The van der Waals surface area contributed by atoms with Crippen LogP contribution in [0.4, 0.5) is 0 Å². The molecule has 6 nitrogen and oxygen atoms in total. The molecule has 0 heterocycles. The fourth-order valence-electron chi connectivity index (χ4n) is 3.57. The highest BCUT2D eigenvalue weighted by Crippen LogP contribution is 2.42. The van der Waals surface area contributed by atoms with Crippen molar-refractivity contribution in [3.8, 4) is 0 Å². The molecule has 1 N–H and O–H groups in total. The molecule has 0 bridgehead atoms. The number of Topliss-reactive ketones (excluding diaryl/α,β-unsaturated/α-hetero) is 1. The monoisotopic (exact) mass is 374 g/mol. The number of aliphatic hydroxyl groups is 1. The van der Waals surface area contributed by atoms with Crippen LogP contribution in [0.3, 0.4) is 0 Å². The van der Waals surface area contributed by atoms with Crippen molar-refractivity contribution >= 4 is 23.8 Å². The van der Waals surface area contributed by atoms with Crippen LogP contribution in [-0.2, 0) is 23.9 Å². The molecule has 0 aromatic heterocycles. The first-order chi connectivity index (χ1) is 12.8. The van der Waals surface area contributed by atoms with Gasteiger partial charge in [-0.25, -0.2) is 0 Å². The van der Waals surface area contributed by atoms with Crippen LogP contribution in [-0.4, -0.2) is 41.6 Å². The summed E-state index contributed by atoms with van der Waals surface area (Å²) in [6.45, 7) is 5.01. The standard InChI is InChI=1S/C21H26O6/c1-4-26-19(23)17-15(12-11-14-9-7-6-8-10-14)18(20(24)27-5-2)21(3,25)13-16(17)22/h6-12,15,17-18,25H,4-5,13H2,1-3H3/b12-11+/t15-,17+,18+,21-/m1/s1. The molecule has 27 heavy (non-hydrogen) atoms. The van der Waals surface area contributed by atoms with E-state index in [4.69, 9.17) is 9.47 Å². The van der Waals surface area contributed by atoms with Crippen molar-refractivity contribution in [2.45, 2.75) is 32.8 Å². The lowest BCUT2D eigenvalue weighted by atomic mass is 9.63. The molecule has 6 heteroatoms. The van der Waals surface area contributed by atoms with Crippen LogP contribution >= 0.6 is 0 Å². The first-order valence-corrected chi connectivity index (χ1v) is 9.13. The van der Waals surface area contributed by atoms with Crippen LogP contribution in [0.15, 0.2) is 36.4 Å². The number of rotatable bonds is 6. The van der Waals surface area contributed by atoms with Gasteiger partial charge in [-0.15, -0.1) is 0 Å². The van der Waals surface area contributed by atoms with Crippen LogP contribution in [0, 0.1) is 17.8 Å². The molecule has 1 saturated carbocycles. The number of carbonyl (C=O) groups is 3. The van der Waals surface area contributed by atoms with Crippen molar-refractivity contribution in [3.63, 3.8) is 0 Å². The van der Waals surface area contributed by atoms with Gasteiger partial charge < -0.3 is 14.6 Å². The Bertz CT molecular complexity index is 707. The van der Waals surface area contributed by atoms with Crippen molar-refractivity contribution in [1.29, 1.82) is 0 Å². The summed E-state index contributed by atoms with van der Waals surface area (Å²) in [5.74, 6) is -4.83. The van der Waals surface area contributed by atoms with Gasteiger partial charge in [0.1, 0.15) is 5.92 Å². The van der Waals surface area contributed by atoms with E-state index in [2.05, 4.69) is 0 Å². The minimum atomic E-state index is -1.61. The van der Waals surface area contributed by atoms with Crippen LogP contribution in [0.25, 0.3) is 6.08 Å². The van der Waals surface area contributed by atoms with Gasteiger partial charge in [0.2, 0.25) is 0 Å². The summed E-state index contributed by atoms with van der Waals surface area (Å²) < 4.78 is 10.2. The SMILES string of the molecule is CCOC(=O)[C@@H]1C(=O)C[C@@](C)(O)[C@H](C(=O)OCC)[C@@H]1/C=C/c1ccccc1. The first-order valence-electron chi connectivity index (χ1n) is 9.13. The van der Waals surface area contributed by atoms with Crippen molar-refractivity contribution in [1.82, 2.24) is 0 Å². The smallest absolute Gasteiger partial charge is 0.317 e. The molecular formula is C21H26O6. The third-order valence-electron chi connectivity index (χ3n) is 4.71. The molecular weight excluding hydrogens is 348 g/mol. The molecule has 1 aliphatic carbocycles. The summed E-state index contributed by atoms with van der Waals surface area (Å²) in [6.07, 6.45) is 3.05. The fourth-order valence-corrected chi connectivity index (χ4v) is 3.57. The zero-order valence-electron chi connectivity index (χ0n) is 15.9. The van der Waals surface area contributed by atoms with Crippen LogP contribution in [0.5, 0.6) is 0 Å². The highest BCUT2D eigenvalue weighted by Gasteiger charge is 2.55. The molecule has 0 amide bonds. The zero-order valence-corrected chi connectivity index (χ0v) is 15.9. The Morgan fingerprint density at radius 1 is 1.15 bits per heavy atom. The number of allylic oxidation sites excluding steroid dienone is 1. The molecule has 146 valence electrons.